The molecule has 1 saturated carbocycles. The van der Waals surface area contributed by atoms with Crippen LogP contribution in [0.15, 0.2) is 47.6 Å². The molecule has 7 nitrogen and oxygen atoms in total. The molecule has 0 heterocycles. The van der Waals surface area contributed by atoms with Crippen LogP contribution in [0.5, 0.6) is 11.5 Å². The van der Waals surface area contributed by atoms with E-state index in [9.17, 15) is 9.59 Å². The third-order valence-electron chi connectivity index (χ3n) is 5.49. The van der Waals surface area contributed by atoms with Crippen LogP contribution in [0, 0.1) is 5.92 Å². The van der Waals surface area contributed by atoms with Crippen molar-refractivity contribution in [2.75, 3.05) is 19.5 Å². The number of hydrogen-bond acceptors (Lipinski definition) is 5. The van der Waals surface area contributed by atoms with Crippen LogP contribution in [0.4, 0.5) is 5.69 Å². The molecule has 0 atom stereocenters. The molecule has 0 radical (unpaired) electrons. The maximum atomic E-state index is 12.5. The largest absolute Gasteiger partial charge is 0.493 e. The molecule has 0 unspecified atom stereocenters. The Balaban J connectivity index is 1.65. The third-order valence-corrected chi connectivity index (χ3v) is 5.49. The Labute approximate surface area is 182 Å². The van der Waals surface area contributed by atoms with E-state index in [2.05, 4.69) is 15.8 Å². The number of amides is 2. The lowest BCUT2D eigenvalue weighted by Gasteiger charge is -2.20. The summed E-state index contributed by atoms with van der Waals surface area (Å²) in [6, 6.07) is 12.4. The lowest BCUT2D eigenvalue weighted by Crippen LogP contribution is -2.24. The summed E-state index contributed by atoms with van der Waals surface area (Å²) in [7, 11) is 3.05. The number of benzene rings is 2. The van der Waals surface area contributed by atoms with Gasteiger partial charge < -0.3 is 14.8 Å². The van der Waals surface area contributed by atoms with Gasteiger partial charge in [-0.3, -0.25) is 9.59 Å². The van der Waals surface area contributed by atoms with Gasteiger partial charge in [0.1, 0.15) is 0 Å². The topological polar surface area (TPSA) is 89.0 Å². The molecule has 0 spiro atoms. The van der Waals surface area contributed by atoms with Gasteiger partial charge >= 0.3 is 0 Å². The van der Waals surface area contributed by atoms with Crippen molar-refractivity contribution in [3.63, 3.8) is 0 Å². The fourth-order valence-corrected chi connectivity index (χ4v) is 3.67. The van der Waals surface area contributed by atoms with Crippen LogP contribution in [-0.4, -0.2) is 31.7 Å². The molecule has 7 heteroatoms. The van der Waals surface area contributed by atoms with Gasteiger partial charge in [-0.2, -0.15) is 5.10 Å². The molecule has 2 aromatic rings. The summed E-state index contributed by atoms with van der Waals surface area (Å²) >= 11 is 0. The molecule has 1 aliphatic rings. The van der Waals surface area contributed by atoms with Crippen LogP contribution in [0.3, 0.4) is 0 Å². The Hall–Kier alpha value is -3.35. The number of nitrogens with zero attached hydrogens (tertiary/aromatic N) is 1. The van der Waals surface area contributed by atoms with Gasteiger partial charge in [-0.05, 0) is 55.7 Å². The van der Waals surface area contributed by atoms with Gasteiger partial charge in [0.05, 0.1) is 19.9 Å². The zero-order valence-corrected chi connectivity index (χ0v) is 18.2. The standard InChI is InChI=1S/C24H29N3O4/c1-16(26-27-24(29)19-12-13-21(30-2)22(15-19)31-3)18-10-7-11-20(14-18)25-23(28)17-8-5-4-6-9-17/h7,10-15,17H,4-6,8-9H2,1-3H3,(H,25,28)(H,27,29). The lowest BCUT2D eigenvalue weighted by molar-refractivity contribution is -0.120. The Bertz CT molecular complexity index is 965. The summed E-state index contributed by atoms with van der Waals surface area (Å²) in [5.74, 6) is 0.825. The van der Waals surface area contributed by atoms with Crippen LogP contribution >= 0.6 is 0 Å². The van der Waals surface area contributed by atoms with Gasteiger partial charge in [-0.15, -0.1) is 0 Å². The predicted molar refractivity (Wildman–Crippen MR) is 121 cm³/mol. The summed E-state index contributed by atoms with van der Waals surface area (Å²) in [4.78, 5) is 25.0. The van der Waals surface area contributed by atoms with E-state index in [4.69, 9.17) is 9.47 Å². The van der Waals surface area contributed by atoms with Crippen molar-refractivity contribution in [2.45, 2.75) is 39.0 Å². The number of carbonyl (C=O) groups is 2. The van der Waals surface area contributed by atoms with E-state index < -0.39 is 0 Å². The maximum Gasteiger partial charge on any atom is 0.271 e. The molecule has 164 valence electrons. The Morgan fingerprint density at radius 2 is 1.68 bits per heavy atom. The van der Waals surface area contributed by atoms with Crippen molar-refractivity contribution in [1.29, 1.82) is 0 Å². The van der Waals surface area contributed by atoms with E-state index in [0.29, 0.717) is 22.8 Å². The summed E-state index contributed by atoms with van der Waals surface area (Å²) in [5.41, 5.74) is 5.14. The van der Waals surface area contributed by atoms with Gasteiger partial charge in [0.2, 0.25) is 5.91 Å². The maximum absolute atomic E-state index is 12.5. The van der Waals surface area contributed by atoms with Gasteiger partial charge in [0.15, 0.2) is 11.5 Å². The minimum Gasteiger partial charge on any atom is -0.493 e. The quantitative estimate of drug-likeness (QED) is 0.511. The van der Waals surface area contributed by atoms with Crippen molar-refractivity contribution in [2.24, 2.45) is 11.0 Å². The first-order valence-electron chi connectivity index (χ1n) is 10.5. The molecule has 2 N–H and O–H groups in total. The third kappa shape index (κ3) is 5.84. The van der Waals surface area contributed by atoms with Crippen molar-refractivity contribution >= 4 is 23.2 Å². The molecule has 0 aromatic heterocycles. The second kappa shape index (κ2) is 10.6. The average molecular weight is 424 g/mol. The smallest absolute Gasteiger partial charge is 0.271 e. The normalized spacial score (nSPS) is 14.6. The second-order valence-electron chi connectivity index (χ2n) is 7.61. The van der Waals surface area contributed by atoms with E-state index >= 15 is 0 Å². The van der Waals surface area contributed by atoms with E-state index in [1.54, 1.807) is 25.1 Å². The number of nitrogens with one attached hydrogen (secondary N) is 2. The number of rotatable bonds is 7. The van der Waals surface area contributed by atoms with Crippen LogP contribution < -0.4 is 20.2 Å². The van der Waals surface area contributed by atoms with Gasteiger partial charge in [-0.1, -0.05) is 31.4 Å². The van der Waals surface area contributed by atoms with Crippen molar-refractivity contribution in [1.82, 2.24) is 5.43 Å². The molecule has 3 rings (SSSR count). The average Bonchev–Trinajstić information content (AvgIpc) is 2.82. The van der Waals surface area contributed by atoms with E-state index in [-0.39, 0.29) is 17.7 Å². The number of ether oxygens (including phenoxy) is 2. The minimum atomic E-state index is -0.359. The first-order valence-corrected chi connectivity index (χ1v) is 10.5. The fraction of sp³-hybridized carbons (Fsp3) is 0.375. The SMILES string of the molecule is COc1ccc(C(=O)NN=C(C)c2cccc(NC(=O)C3CCCCC3)c2)cc1OC. The highest BCUT2D eigenvalue weighted by Crippen LogP contribution is 2.27. The summed E-state index contributed by atoms with van der Waals surface area (Å²) in [6.07, 6.45) is 5.35. The van der Waals surface area contributed by atoms with Gasteiger partial charge in [0, 0.05) is 17.2 Å². The molecule has 31 heavy (non-hydrogen) atoms. The molecule has 0 bridgehead atoms. The van der Waals surface area contributed by atoms with Gasteiger partial charge in [0.25, 0.3) is 5.91 Å². The van der Waals surface area contributed by atoms with Crippen LogP contribution in [-0.2, 0) is 4.79 Å². The van der Waals surface area contributed by atoms with E-state index in [1.165, 1.54) is 20.6 Å². The predicted octanol–water partition coefficient (Wildman–Crippen LogP) is 4.38. The van der Waals surface area contributed by atoms with Crippen LogP contribution in [0.25, 0.3) is 0 Å². The van der Waals surface area contributed by atoms with Crippen LogP contribution in [0.2, 0.25) is 0 Å². The summed E-state index contributed by atoms with van der Waals surface area (Å²) < 4.78 is 10.4. The second-order valence-corrected chi connectivity index (χ2v) is 7.61. The number of methoxy groups -OCH3 is 2. The highest BCUT2D eigenvalue weighted by molar-refractivity contribution is 6.02. The van der Waals surface area contributed by atoms with E-state index in [0.717, 1.165) is 36.9 Å². The summed E-state index contributed by atoms with van der Waals surface area (Å²) in [5, 5.41) is 7.23. The van der Waals surface area contributed by atoms with Crippen molar-refractivity contribution < 1.29 is 19.1 Å². The zero-order chi connectivity index (χ0) is 22.2. The van der Waals surface area contributed by atoms with Gasteiger partial charge in [-0.25, -0.2) is 5.43 Å². The molecule has 1 fully saturated rings. The highest BCUT2D eigenvalue weighted by atomic mass is 16.5. The molecule has 1 aliphatic carbocycles. The molecule has 0 aliphatic heterocycles. The number of anilines is 1. The molecule has 0 saturated heterocycles. The van der Waals surface area contributed by atoms with Crippen molar-refractivity contribution in [3.8, 4) is 11.5 Å². The molecular weight excluding hydrogens is 394 g/mol. The monoisotopic (exact) mass is 423 g/mol. The zero-order valence-electron chi connectivity index (χ0n) is 18.2. The van der Waals surface area contributed by atoms with Crippen LogP contribution in [0.1, 0.15) is 54.9 Å². The first-order chi connectivity index (χ1) is 15.0. The lowest BCUT2D eigenvalue weighted by atomic mass is 9.88. The molecular formula is C24H29N3O4. The molecule has 2 amide bonds. The summed E-state index contributed by atoms with van der Waals surface area (Å²) in [6.45, 7) is 1.80. The van der Waals surface area contributed by atoms with E-state index in [1.807, 2.05) is 24.3 Å². The Morgan fingerprint density at radius 3 is 2.39 bits per heavy atom. The number of hydrazone groups is 1. The Morgan fingerprint density at radius 1 is 0.935 bits per heavy atom. The number of carbonyl (C=O) groups excluding carboxylic acids is 2. The highest BCUT2D eigenvalue weighted by Gasteiger charge is 2.21. The first kappa shape index (κ1) is 22.3. The van der Waals surface area contributed by atoms with Crippen molar-refractivity contribution in [3.05, 3.63) is 53.6 Å². The fourth-order valence-electron chi connectivity index (χ4n) is 3.67. The number of hydrogen-bond donors (Lipinski definition) is 2. The minimum absolute atomic E-state index is 0.0770. The molecule has 2 aromatic carbocycles. The Kier molecular flexibility index (Phi) is 7.65.